The molecule has 0 radical (unpaired) electrons. The van der Waals surface area contributed by atoms with Gasteiger partial charge in [-0.05, 0) is 12.1 Å². The third-order valence-corrected chi connectivity index (χ3v) is 2.97. The summed E-state index contributed by atoms with van der Waals surface area (Å²) in [6, 6.07) is 3.82. The van der Waals surface area contributed by atoms with Crippen LogP contribution in [0.25, 0.3) is 11.3 Å². The van der Waals surface area contributed by atoms with Gasteiger partial charge in [0.05, 0.1) is 18.2 Å². The molecule has 3 rings (SSSR count). The summed E-state index contributed by atoms with van der Waals surface area (Å²) in [7, 11) is 0. The average Bonchev–Trinajstić information content (AvgIpc) is 3.08. The van der Waals surface area contributed by atoms with Crippen molar-refractivity contribution < 1.29 is 0 Å². The van der Waals surface area contributed by atoms with E-state index >= 15 is 0 Å². The molecule has 0 bridgehead atoms. The number of nitrogens with zero attached hydrogens (tertiary/aromatic N) is 4. The first-order valence-corrected chi connectivity index (χ1v) is 6.04. The first-order valence-electron chi connectivity index (χ1n) is 6.04. The van der Waals surface area contributed by atoms with Crippen LogP contribution < -0.4 is 5.73 Å². The van der Waals surface area contributed by atoms with Crippen LogP contribution in [0.3, 0.4) is 0 Å². The number of aromatic nitrogens is 5. The molecule has 0 atom stereocenters. The van der Waals surface area contributed by atoms with E-state index in [1.165, 1.54) is 0 Å². The van der Waals surface area contributed by atoms with Gasteiger partial charge in [-0.2, -0.15) is 0 Å². The number of aromatic amines is 1. The molecule has 0 fully saturated rings. The lowest BCUT2D eigenvalue weighted by molar-refractivity contribution is 0.681. The van der Waals surface area contributed by atoms with Gasteiger partial charge in [0.25, 0.3) is 0 Å². The summed E-state index contributed by atoms with van der Waals surface area (Å²) >= 11 is 0. The van der Waals surface area contributed by atoms with Crippen molar-refractivity contribution in [1.29, 1.82) is 0 Å². The maximum Gasteiger partial charge on any atom is 0.132 e. The molecular weight excluding hydrogens is 240 g/mol. The summed E-state index contributed by atoms with van der Waals surface area (Å²) in [4.78, 5) is 15.6. The molecule has 0 spiro atoms. The van der Waals surface area contributed by atoms with Crippen molar-refractivity contribution in [2.75, 3.05) is 5.73 Å². The van der Waals surface area contributed by atoms with Gasteiger partial charge in [-0.15, -0.1) is 0 Å². The van der Waals surface area contributed by atoms with Crippen LogP contribution in [0.2, 0.25) is 0 Å². The van der Waals surface area contributed by atoms with Crippen molar-refractivity contribution in [2.24, 2.45) is 0 Å². The molecule has 0 aliphatic rings. The van der Waals surface area contributed by atoms with Crippen LogP contribution in [0.4, 0.5) is 5.82 Å². The second-order valence-electron chi connectivity index (χ2n) is 4.19. The predicted octanol–water partition coefficient (Wildman–Crippen LogP) is 1.49. The lowest BCUT2D eigenvalue weighted by Gasteiger charge is -2.08. The normalized spacial score (nSPS) is 10.7. The van der Waals surface area contributed by atoms with Crippen LogP contribution in [0.1, 0.15) is 5.82 Å². The van der Waals surface area contributed by atoms with E-state index in [1.54, 1.807) is 24.9 Å². The van der Waals surface area contributed by atoms with E-state index in [9.17, 15) is 0 Å². The van der Waals surface area contributed by atoms with Crippen molar-refractivity contribution >= 4 is 5.82 Å². The Bertz CT molecular complexity index is 655. The number of nitrogens with two attached hydrogens (primary N) is 1. The fourth-order valence-corrected chi connectivity index (χ4v) is 2.02. The van der Waals surface area contributed by atoms with Crippen LogP contribution >= 0.6 is 0 Å². The Morgan fingerprint density at radius 1 is 1.26 bits per heavy atom. The van der Waals surface area contributed by atoms with E-state index < -0.39 is 0 Å². The molecule has 3 heterocycles. The van der Waals surface area contributed by atoms with Gasteiger partial charge in [0.15, 0.2) is 0 Å². The van der Waals surface area contributed by atoms with E-state index in [0.29, 0.717) is 5.82 Å². The van der Waals surface area contributed by atoms with E-state index in [0.717, 1.165) is 30.0 Å². The minimum absolute atomic E-state index is 0.516. The molecule has 19 heavy (non-hydrogen) atoms. The van der Waals surface area contributed by atoms with Crippen LogP contribution in [-0.4, -0.2) is 24.5 Å². The van der Waals surface area contributed by atoms with Crippen LogP contribution in [-0.2, 0) is 13.0 Å². The Kier molecular flexibility index (Phi) is 2.97. The molecule has 0 saturated heterocycles. The number of anilines is 1. The molecule has 0 unspecified atom stereocenters. The second-order valence-corrected chi connectivity index (χ2v) is 4.19. The summed E-state index contributed by atoms with van der Waals surface area (Å²) in [5, 5.41) is 0. The number of nitrogen functional groups attached to an aromatic ring is 1. The Morgan fingerprint density at radius 2 is 2.21 bits per heavy atom. The van der Waals surface area contributed by atoms with E-state index in [2.05, 4.69) is 24.5 Å². The Hall–Kier alpha value is -2.63. The molecule has 6 nitrogen and oxygen atoms in total. The summed E-state index contributed by atoms with van der Waals surface area (Å²) < 4.78 is 2.05. The molecule has 0 aromatic carbocycles. The number of aryl methyl sites for hydroxylation is 2. The van der Waals surface area contributed by atoms with Gasteiger partial charge < -0.3 is 15.3 Å². The number of pyridine rings is 1. The molecule has 3 aromatic rings. The fraction of sp³-hybridized carbons (Fsp3) is 0.154. The zero-order chi connectivity index (χ0) is 13.1. The highest BCUT2D eigenvalue weighted by Crippen LogP contribution is 2.23. The van der Waals surface area contributed by atoms with Crippen LogP contribution in [0, 0.1) is 0 Å². The first kappa shape index (κ1) is 11.5. The van der Waals surface area contributed by atoms with Crippen molar-refractivity contribution in [3.63, 3.8) is 0 Å². The first-order chi connectivity index (χ1) is 9.34. The molecule has 0 aliphatic heterocycles. The van der Waals surface area contributed by atoms with Crippen molar-refractivity contribution in [3.05, 3.63) is 49.1 Å². The summed E-state index contributed by atoms with van der Waals surface area (Å²) in [6.07, 6.45) is 9.67. The van der Waals surface area contributed by atoms with E-state index in [4.69, 9.17) is 5.73 Å². The largest absolute Gasteiger partial charge is 0.383 e. The molecule has 0 amide bonds. The maximum absolute atomic E-state index is 5.90. The van der Waals surface area contributed by atoms with Crippen LogP contribution in [0.15, 0.2) is 43.2 Å². The Balaban J connectivity index is 1.84. The molecular formula is C13H14N6. The predicted molar refractivity (Wildman–Crippen MR) is 72.2 cm³/mol. The number of hydrogen-bond acceptors (Lipinski definition) is 4. The average molecular weight is 254 g/mol. The topological polar surface area (TPSA) is 85.4 Å². The summed E-state index contributed by atoms with van der Waals surface area (Å²) in [5.74, 6) is 1.47. The van der Waals surface area contributed by atoms with Gasteiger partial charge in [0.1, 0.15) is 11.6 Å². The summed E-state index contributed by atoms with van der Waals surface area (Å²) in [5.41, 5.74) is 7.77. The van der Waals surface area contributed by atoms with Gasteiger partial charge in [0, 0.05) is 37.1 Å². The smallest absolute Gasteiger partial charge is 0.132 e. The zero-order valence-corrected chi connectivity index (χ0v) is 10.3. The van der Waals surface area contributed by atoms with Gasteiger partial charge in [0.2, 0.25) is 0 Å². The number of imidazole rings is 2. The number of rotatable bonds is 4. The molecule has 3 N–H and O–H groups in total. The van der Waals surface area contributed by atoms with E-state index in [1.807, 2.05) is 18.3 Å². The standard InChI is InChI=1S/C13H14N6/c14-13-10(2-1-4-18-13)11-8-15-9-19(11)7-3-12-16-5-6-17-12/h1-2,4-6,8-9H,3,7H2,(H2,14,18)(H,16,17). The molecule has 3 aromatic heterocycles. The SMILES string of the molecule is Nc1ncccc1-c1cncn1CCc1ncc[nH]1. The minimum atomic E-state index is 0.516. The Morgan fingerprint density at radius 3 is 3.00 bits per heavy atom. The molecule has 0 saturated carbocycles. The third-order valence-electron chi connectivity index (χ3n) is 2.97. The molecule has 96 valence electrons. The third kappa shape index (κ3) is 2.33. The van der Waals surface area contributed by atoms with Crippen molar-refractivity contribution in [1.82, 2.24) is 24.5 Å². The van der Waals surface area contributed by atoms with Gasteiger partial charge in [-0.3, -0.25) is 0 Å². The minimum Gasteiger partial charge on any atom is -0.383 e. The van der Waals surface area contributed by atoms with Crippen molar-refractivity contribution in [2.45, 2.75) is 13.0 Å². The lowest BCUT2D eigenvalue weighted by Crippen LogP contribution is -2.04. The van der Waals surface area contributed by atoms with Gasteiger partial charge in [-0.25, -0.2) is 15.0 Å². The molecule has 0 aliphatic carbocycles. The highest BCUT2D eigenvalue weighted by molar-refractivity contribution is 5.70. The highest BCUT2D eigenvalue weighted by atomic mass is 15.1. The molecule has 6 heteroatoms. The van der Waals surface area contributed by atoms with E-state index in [-0.39, 0.29) is 0 Å². The van der Waals surface area contributed by atoms with Gasteiger partial charge >= 0.3 is 0 Å². The highest BCUT2D eigenvalue weighted by Gasteiger charge is 2.09. The van der Waals surface area contributed by atoms with Crippen molar-refractivity contribution in [3.8, 4) is 11.3 Å². The van der Waals surface area contributed by atoms with Gasteiger partial charge in [-0.1, -0.05) is 0 Å². The quantitative estimate of drug-likeness (QED) is 0.738. The fourth-order valence-electron chi connectivity index (χ4n) is 2.02. The monoisotopic (exact) mass is 254 g/mol. The number of H-pyrrole nitrogens is 1. The second kappa shape index (κ2) is 4.93. The van der Waals surface area contributed by atoms with Crippen LogP contribution in [0.5, 0.6) is 0 Å². The zero-order valence-electron chi connectivity index (χ0n) is 10.3. The number of hydrogen-bond donors (Lipinski definition) is 2. The maximum atomic E-state index is 5.90. The Labute approximate surface area is 110 Å². The number of nitrogens with one attached hydrogen (secondary N) is 1. The summed E-state index contributed by atoms with van der Waals surface area (Å²) in [6.45, 7) is 0.789. The lowest BCUT2D eigenvalue weighted by atomic mass is 10.2.